The van der Waals surface area contributed by atoms with Gasteiger partial charge in [-0.2, -0.15) is 0 Å². The zero-order valence-corrected chi connectivity index (χ0v) is 11.8. The Hall–Kier alpha value is -0.0800. The first-order valence-electron chi connectivity index (χ1n) is 6.94. The molecule has 0 bridgehead atoms. The number of unbranched alkanes of at least 4 members (excludes halogenated alkanes) is 5. The quantitative estimate of drug-likeness (QED) is 0.594. The minimum atomic E-state index is 0.216. The lowest BCUT2D eigenvalue weighted by Gasteiger charge is -2.27. The van der Waals surface area contributed by atoms with Gasteiger partial charge in [0, 0.05) is 12.6 Å². The van der Waals surface area contributed by atoms with Crippen LogP contribution < -0.4 is 11.1 Å². The number of nitrogens with two attached hydrogens (primary N) is 1. The molecule has 0 amide bonds. The molecule has 0 aliphatic rings. The van der Waals surface area contributed by atoms with E-state index in [4.69, 9.17) is 5.73 Å². The van der Waals surface area contributed by atoms with Crippen LogP contribution in [0.1, 0.15) is 66.2 Å². The summed E-state index contributed by atoms with van der Waals surface area (Å²) in [5, 5.41) is 3.46. The van der Waals surface area contributed by atoms with E-state index in [0.29, 0.717) is 0 Å². The van der Waals surface area contributed by atoms with Gasteiger partial charge in [0.1, 0.15) is 0 Å². The van der Waals surface area contributed by atoms with Gasteiger partial charge in [-0.3, -0.25) is 0 Å². The molecule has 0 fully saturated rings. The molecule has 0 aliphatic carbocycles. The fourth-order valence-electron chi connectivity index (χ4n) is 1.59. The lowest BCUT2D eigenvalue weighted by Crippen LogP contribution is -2.43. The van der Waals surface area contributed by atoms with Crippen LogP contribution in [-0.2, 0) is 0 Å². The fourth-order valence-corrected chi connectivity index (χ4v) is 1.59. The second-order valence-corrected chi connectivity index (χ2v) is 5.94. The van der Waals surface area contributed by atoms with Crippen LogP contribution in [0, 0.1) is 5.41 Å². The van der Waals surface area contributed by atoms with Crippen LogP contribution in [0.4, 0.5) is 0 Å². The summed E-state index contributed by atoms with van der Waals surface area (Å²) in [6, 6.07) is 0.257. The molecule has 0 rings (SSSR count). The number of nitrogens with one attached hydrogen (secondary N) is 1. The van der Waals surface area contributed by atoms with Gasteiger partial charge in [-0.05, 0) is 18.4 Å². The van der Waals surface area contributed by atoms with Gasteiger partial charge < -0.3 is 11.1 Å². The summed E-state index contributed by atoms with van der Waals surface area (Å²) in [6.45, 7) is 10.9. The van der Waals surface area contributed by atoms with E-state index in [1.165, 1.54) is 38.5 Å². The van der Waals surface area contributed by atoms with E-state index in [-0.39, 0.29) is 11.5 Å². The fraction of sp³-hybridized carbons (Fsp3) is 1.00. The molecule has 0 saturated carbocycles. The molecular formula is C14H32N2. The highest BCUT2D eigenvalue weighted by Crippen LogP contribution is 2.16. The van der Waals surface area contributed by atoms with E-state index in [1.54, 1.807) is 0 Å². The van der Waals surface area contributed by atoms with Crippen LogP contribution in [-0.4, -0.2) is 19.1 Å². The second-order valence-electron chi connectivity index (χ2n) is 5.94. The molecule has 0 aromatic carbocycles. The smallest absolute Gasteiger partial charge is 0.0214 e. The summed E-state index contributed by atoms with van der Waals surface area (Å²) in [6.07, 6.45) is 8.16. The summed E-state index contributed by atoms with van der Waals surface area (Å²) in [4.78, 5) is 0. The Bertz CT molecular complexity index is 149. The molecule has 98 valence electrons. The van der Waals surface area contributed by atoms with Crippen molar-refractivity contribution in [3.8, 4) is 0 Å². The predicted octanol–water partition coefficient (Wildman–Crippen LogP) is 3.31. The maximum atomic E-state index is 6.07. The van der Waals surface area contributed by atoms with Crippen molar-refractivity contribution in [3.05, 3.63) is 0 Å². The van der Waals surface area contributed by atoms with Crippen molar-refractivity contribution in [1.82, 2.24) is 5.32 Å². The Morgan fingerprint density at radius 1 is 1.00 bits per heavy atom. The molecule has 1 unspecified atom stereocenters. The Morgan fingerprint density at radius 3 is 2.12 bits per heavy atom. The van der Waals surface area contributed by atoms with Crippen LogP contribution in [0.5, 0.6) is 0 Å². The first-order chi connectivity index (χ1) is 7.48. The van der Waals surface area contributed by atoms with Crippen molar-refractivity contribution in [2.45, 2.75) is 72.3 Å². The van der Waals surface area contributed by atoms with E-state index in [1.807, 2.05) is 0 Å². The Kier molecular flexibility index (Phi) is 8.96. The highest BCUT2D eigenvalue weighted by Gasteiger charge is 2.19. The SMILES string of the molecule is CCCCCCCCNCC(N)C(C)(C)C. The highest BCUT2D eigenvalue weighted by atomic mass is 14.9. The molecular weight excluding hydrogens is 196 g/mol. The third kappa shape index (κ3) is 9.17. The van der Waals surface area contributed by atoms with Gasteiger partial charge in [0.2, 0.25) is 0 Å². The average Bonchev–Trinajstić information content (AvgIpc) is 2.20. The first kappa shape index (κ1) is 15.9. The van der Waals surface area contributed by atoms with Crippen molar-refractivity contribution >= 4 is 0 Å². The van der Waals surface area contributed by atoms with Crippen LogP contribution in [0.2, 0.25) is 0 Å². The minimum absolute atomic E-state index is 0.216. The number of hydrogen-bond donors (Lipinski definition) is 2. The van der Waals surface area contributed by atoms with Crippen LogP contribution in [0.3, 0.4) is 0 Å². The van der Waals surface area contributed by atoms with Crippen molar-refractivity contribution in [2.24, 2.45) is 11.1 Å². The first-order valence-corrected chi connectivity index (χ1v) is 6.94. The zero-order chi connectivity index (χ0) is 12.4. The van der Waals surface area contributed by atoms with E-state index >= 15 is 0 Å². The van der Waals surface area contributed by atoms with Gasteiger partial charge in [-0.25, -0.2) is 0 Å². The molecule has 0 saturated heterocycles. The van der Waals surface area contributed by atoms with Crippen molar-refractivity contribution < 1.29 is 0 Å². The van der Waals surface area contributed by atoms with Crippen LogP contribution in [0.15, 0.2) is 0 Å². The highest BCUT2D eigenvalue weighted by molar-refractivity contribution is 4.78. The van der Waals surface area contributed by atoms with Crippen LogP contribution in [0.25, 0.3) is 0 Å². The molecule has 0 radical (unpaired) electrons. The van der Waals surface area contributed by atoms with E-state index in [9.17, 15) is 0 Å². The van der Waals surface area contributed by atoms with Crippen molar-refractivity contribution in [2.75, 3.05) is 13.1 Å². The molecule has 0 heterocycles. The summed E-state index contributed by atoms with van der Waals surface area (Å²) < 4.78 is 0. The Labute approximate surface area is 102 Å². The Morgan fingerprint density at radius 2 is 1.56 bits per heavy atom. The van der Waals surface area contributed by atoms with Crippen molar-refractivity contribution in [3.63, 3.8) is 0 Å². The molecule has 16 heavy (non-hydrogen) atoms. The summed E-state index contributed by atoms with van der Waals surface area (Å²) in [5.74, 6) is 0. The zero-order valence-electron chi connectivity index (χ0n) is 11.8. The predicted molar refractivity (Wildman–Crippen MR) is 73.7 cm³/mol. The molecule has 2 heteroatoms. The minimum Gasteiger partial charge on any atom is -0.326 e. The van der Waals surface area contributed by atoms with E-state index in [2.05, 4.69) is 33.0 Å². The topological polar surface area (TPSA) is 38.0 Å². The second kappa shape index (κ2) is 9.00. The van der Waals surface area contributed by atoms with Crippen LogP contribution >= 0.6 is 0 Å². The van der Waals surface area contributed by atoms with E-state index in [0.717, 1.165) is 13.1 Å². The molecule has 1 atom stereocenters. The normalized spacial score (nSPS) is 14.1. The Balaban J connectivity index is 3.21. The maximum Gasteiger partial charge on any atom is 0.0214 e. The van der Waals surface area contributed by atoms with E-state index < -0.39 is 0 Å². The maximum absolute atomic E-state index is 6.07. The number of hydrogen-bond acceptors (Lipinski definition) is 2. The largest absolute Gasteiger partial charge is 0.326 e. The van der Waals surface area contributed by atoms with Crippen molar-refractivity contribution in [1.29, 1.82) is 0 Å². The van der Waals surface area contributed by atoms with Gasteiger partial charge in [0.15, 0.2) is 0 Å². The van der Waals surface area contributed by atoms with Gasteiger partial charge in [0.25, 0.3) is 0 Å². The number of rotatable bonds is 9. The summed E-state index contributed by atoms with van der Waals surface area (Å²) in [5.41, 5.74) is 6.29. The van der Waals surface area contributed by atoms with Gasteiger partial charge in [-0.15, -0.1) is 0 Å². The van der Waals surface area contributed by atoms with Gasteiger partial charge in [-0.1, -0.05) is 59.8 Å². The lowest BCUT2D eigenvalue weighted by atomic mass is 9.87. The molecule has 2 nitrogen and oxygen atoms in total. The molecule has 0 aromatic rings. The van der Waals surface area contributed by atoms with Gasteiger partial charge in [0.05, 0.1) is 0 Å². The third-order valence-corrected chi connectivity index (χ3v) is 3.18. The molecule has 0 spiro atoms. The monoisotopic (exact) mass is 228 g/mol. The van der Waals surface area contributed by atoms with Gasteiger partial charge >= 0.3 is 0 Å². The summed E-state index contributed by atoms with van der Waals surface area (Å²) in [7, 11) is 0. The molecule has 0 aromatic heterocycles. The lowest BCUT2D eigenvalue weighted by molar-refractivity contribution is 0.309. The average molecular weight is 228 g/mol. The molecule has 3 N–H and O–H groups in total. The standard InChI is InChI=1S/C14H32N2/c1-5-6-7-8-9-10-11-16-12-13(15)14(2,3)4/h13,16H,5-12,15H2,1-4H3. The third-order valence-electron chi connectivity index (χ3n) is 3.18. The summed E-state index contributed by atoms with van der Waals surface area (Å²) >= 11 is 0. The molecule has 0 aliphatic heterocycles.